The summed E-state index contributed by atoms with van der Waals surface area (Å²) in [7, 11) is 0. The van der Waals surface area contributed by atoms with Crippen LogP contribution in [0.1, 0.15) is 12.7 Å². The van der Waals surface area contributed by atoms with Crippen molar-refractivity contribution < 1.29 is 4.74 Å². The lowest BCUT2D eigenvalue weighted by Gasteiger charge is -2.35. The molecule has 5 rings (SSSR count). The highest BCUT2D eigenvalue weighted by Gasteiger charge is 2.24. The van der Waals surface area contributed by atoms with Gasteiger partial charge in [0.25, 0.3) is 0 Å². The molecule has 3 aromatic heterocycles. The van der Waals surface area contributed by atoms with Crippen molar-refractivity contribution in [1.29, 1.82) is 0 Å². The van der Waals surface area contributed by atoms with E-state index in [4.69, 9.17) is 14.7 Å². The van der Waals surface area contributed by atoms with E-state index in [1.165, 1.54) is 15.8 Å². The van der Waals surface area contributed by atoms with E-state index in [1.54, 1.807) is 22.7 Å². The van der Waals surface area contributed by atoms with Gasteiger partial charge in [-0.05, 0) is 18.0 Å². The van der Waals surface area contributed by atoms with Crippen LogP contribution in [0.4, 0.5) is 5.82 Å². The van der Waals surface area contributed by atoms with Gasteiger partial charge in [0.05, 0.1) is 25.1 Å². The molecule has 0 spiro atoms. The Balaban J connectivity index is 1.53. The summed E-state index contributed by atoms with van der Waals surface area (Å²) in [6, 6.07) is 4.32. The second-order valence-corrected chi connectivity index (χ2v) is 9.39. The lowest BCUT2D eigenvalue weighted by atomic mass is 10.1. The highest BCUT2D eigenvalue weighted by molar-refractivity contribution is 7.18. The number of ether oxygens (including phenoxy) is 1. The largest absolute Gasteiger partial charge is 0.379 e. The smallest absolute Gasteiger partial charge is 0.146 e. The van der Waals surface area contributed by atoms with Crippen molar-refractivity contribution in [1.82, 2.24) is 19.8 Å². The van der Waals surface area contributed by atoms with Crippen LogP contribution >= 0.6 is 22.7 Å². The van der Waals surface area contributed by atoms with E-state index in [9.17, 15) is 0 Å². The number of nitrogens with zero attached hydrogens (tertiary/aromatic N) is 5. The monoisotopic (exact) mass is 429 g/mol. The number of thiophene rings is 2. The van der Waals surface area contributed by atoms with Crippen LogP contribution in [0.3, 0.4) is 0 Å². The van der Waals surface area contributed by atoms with Crippen LogP contribution in [0.5, 0.6) is 0 Å². The molecular weight excluding hydrogens is 402 g/mol. The van der Waals surface area contributed by atoms with Gasteiger partial charge in [0.1, 0.15) is 16.5 Å². The molecule has 29 heavy (non-hydrogen) atoms. The van der Waals surface area contributed by atoms with Gasteiger partial charge in [0.15, 0.2) is 0 Å². The number of rotatable bonds is 5. The molecule has 2 saturated heterocycles. The van der Waals surface area contributed by atoms with Gasteiger partial charge in [0, 0.05) is 55.1 Å². The number of morpholine rings is 1. The Morgan fingerprint density at radius 2 is 1.83 bits per heavy atom. The Morgan fingerprint density at radius 1 is 1.00 bits per heavy atom. The molecule has 2 aliphatic heterocycles. The van der Waals surface area contributed by atoms with Gasteiger partial charge >= 0.3 is 0 Å². The summed E-state index contributed by atoms with van der Waals surface area (Å²) in [6.45, 7) is 11.9. The zero-order valence-electron chi connectivity index (χ0n) is 16.8. The van der Waals surface area contributed by atoms with Crippen molar-refractivity contribution in [3.05, 3.63) is 28.7 Å². The molecule has 0 unspecified atom stereocenters. The summed E-state index contributed by atoms with van der Waals surface area (Å²) < 4.78 is 5.50. The van der Waals surface area contributed by atoms with Crippen LogP contribution in [0, 0.1) is 0 Å². The van der Waals surface area contributed by atoms with Crippen LogP contribution in [-0.2, 0) is 11.3 Å². The number of fused-ring (bicyclic) bond motifs is 1. The minimum absolute atomic E-state index is 0.799. The van der Waals surface area contributed by atoms with Crippen LogP contribution < -0.4 is 4.90 Å². The Bertz CT molecular complexity index is 944. The number of hydrogen-bond acceptors (Lipinski definition) is 8. The third-order valence-electron chi connectivity index (χ3n) is 5.84. The Kier molecular flexibility index (Phi) is 5.78. The van der Waals surface area contributed by atoms with Gasteiger partial charge in [0.2, 0.25) is 0 Å². The lowest BCUT2D eigenvalue weighted by molar-refractivity contribution is 0.0331. The van der Waals surface area contributed by atoms with Crippen molar-refractivity contribution in [2.45, 2.75) is 13.5 Å². The first kappa shape index (κ1) is 19.4. The van der Waals surface area contributed by atoms with E-state index in [-0.39, 0.29) is 0 Å². The average molecular weight is 430 g/mol. The predicted octanol–water partition coefficient (Wildman–Crippen LogP) is 3.39. The van der Waals surface area contributed by atoms with E-state index < -0.39 is 0 Å². The first-order chi connectivity index (χ1) is 14.3. The zero-order chi connectivity index (χ0) is 19.6. The van der Waals surface area contributed by atoms with Crippen molar-refractivity contribution in [3.63, 3.8) is 0 Å². The van der Waals surface area contributed by atoms with Crippen molar-refractivity contribution in [2.75, 3.05) is 63.9 Å². The van der Waals surface area contributed by atoms with E-state index in [0.29, 0.717) is 0 Å². The number of piperazine rings is 1. The summed E-state index contributed by atoms with van der Waals surface area (Å²) in [5, 5.41) is 5.63. The maximum absolute atomic E-state index is 5.50. The molecule has 0 radical (unpaired) electrons. The van der Waals surface area contributed by atoms with E-state index in [1.807, 2.05) is 0 Å². The van der Waals surface area contributed by atoms with Crippen LogP contribution in [0.15, 0.2) is 22.9 Å². The third kappa shape index (κ3) is 4.04. The predicted molar refractivity (Wildman–Crippen MR) is 121 cm³/mol. The molecule has 0 N–H and O–H groups in total. The molecule has 6 nitrogen and oxygen atoms in total. The van der Waals surface area contributed by atoms with Crippen molar-refractivity contribution in [2.24, 2.45) is 0 Å². The second kappa shape index (κ2) is 8.65. The highest BCUT2D eigenvalue weighted by Crippen LogP contribution is 2.40. The third-order valence-corrected chi connectivity index (χ3v) is 7.61. The van der Waals surface area contributed by atoms with E-state index >= 15 is 0 Å². The van der Waals surface area contributed by atoms with Gasteiger partial charge in [-0.3, -0.25) is 4.90 Å². The summed E-state index contributed by atoms with van der Waals surface area (Å²) in [4.78, 5) is 19.9. The number of likely N-dealkylation sites (N-methyl/N-ethyl adjacent to an activating group) is 1. The summed E-state index contributed by atoms with van der Waals surface area (Å²) in [6.07, 6.45) is 0. The molecule has 8 heteroatoms. The van der Waals surface area contributed by atoms with Gasteiger partial charge in [-0.15, -0.1) is 22.7 Å². The van der Waals surface area contributed by atoms with Gasteiger partial charge < -0.3 is 14.5 Å². The molecule has 2 fully saturated rings. The molecule has 5 heterocycles. The first-order valence-corrected chi connectivity index (χ1v) is 12.2. The van der Waals surface area contributed by atoms with Crippen molar-refractivity contribution in [3.8, 4) is 10.4 Å². The minimum Gasteiger partial charge on any atom is -0.379 e. The summed E-state index contributed by atoms with van der Waals surface area (Å²) in [5.41, 5.74) is 1.28. The fourth-order valence-electron chi connectivity index (χ4n) is 4.11. The summed E-state index contributed by atoms with van der Waals surface area (Å²) in [5.74, 6) is 2.06. The van der Waals surface area contributed by atoms with E-state index in [0.717, 1.165) is 82.0 Å². The first-order valence-electron chi connectivity index (χ1n) is 10.4. The maximum Gasteiger partial charge on any atom is 0.146 e. The van der Waals surface area contributed by atoms with Gasteiger partial charge in [-0.1, -0.05) is 13.0 Å². The Morgan fingerprint density at radius 3 is 2.55 bits per heavy atom. The number of hydrogen-bond donors (Lipinski definition) is 0. The molecule has 0 aromatic carbocycles. The molecule has 0 aliphatic carbocycles. The minimum atomic E-state index is 0.799. The molecule has 0 amide bonds. The Hall–Kier alpha value is -1.58. The molecule has 0 bridgehead atoms. The molecule has 3 aromatic rings. The topological polar surface area (TPSA) is 44.7 Å². The SMILES string of the molecule is CCN1CCN(c2nc(CN3CCOCC3)nc3scc(-c4cccs4)c23)CC1. The fourth-order valence-corrected chi connectivity index (χ4v) is 5.89. The van der Waals surface area contributed by atoms with E-state index in [2.05, 4.69) is 44.5 Å². The maximum atomic E-state index is 5.50. The van der Waals surface area contributed by atoms with Gasteiger partial charge in [-0.25, -0.2) is 9.97 Å². The van der Waals surface area contributed by atoms with Gasteiger partial charge in [-0.2, -0.15) is 0 Å². The quantitative estimate of drug-likeness (QED) is 0.620. The number of anilines is 1. The molecule has 154 valence electrons. The van der Waals surface area contributed by atoms with Crippen LogP contribution in [0.25, 0.3) is 20.7 Å². The second-order valence-electron chi connectivity index (χ2n) is 7.58. The standard InChI is InChI=1S/C21H27N5OS2/c1-2-24-5-7-26(8-6-24)20-19-16(17-4-3-13-28-17)15-29-21(19)23-18(22-20)14-25-9-11-27-12-10-25/h3-4,13,15H,2,5-12,14H2,1H3. The normalized spacial score (nSPS) is 19.3. The highest BCUT2D eigenvalue weighted by atomic mass is 32.1. The molecule has 2 aliphatic rings. The Labute approximate surface area is 179 Å². The average Bonchev–Trinajstić information content (AvgIpc) is 3.44. The molecular formula is C21H27N5OS2. The molecule has 0 saturated carbocycles. The number of aromatic nitrogens is 2. The zero-order valence-corrected chi connectivity index (χ0v) is 18.5. The summed E-state index contributed by atoms with van der Waals surface area (Å²) >= 11 is 3.54. The van der Waals surface area contributed by atoms with Crippen LogP contribution in [0.2, 0.25) is 0 Å². The fraction of sp³-hybridized carbons (Fsp3) is 0.524. The van der Waals surface area contributed by atoms with Crippen molar-refractivity contribution >= 4 is 38.7 Å². The lowest BCUT2D eigenvalue weighted by Crippen LogP contribution is -2.46. The molecule has 0 atom stereocenters. The van der Waals surface area contributed by atoms with Crippen LogP contribution in [-0.4, -0.2) is 78.8 Å².